The van der Waals surface area contributed by atoms with E-state index in [4.69, 9.17) is 28.5 Å². The summed E-state index contributed by atoms with van der Waals surface area (Å²) in [5.41, 5.74) is 1.32. The largest absolute Gasteiger partial charge is 0.346 e. The molecule has 0 aliphatic carbocycles. The Morgan fingerprint density at radius 1 is 1.27 bits per heavy atom. The molecule has 0 aliphatic heterocycles. The molecule has 0 radical (unpaired) electrons. The van der Waals surface area contributed by atoms with Crippen LogP contribution in [-0.4, -0.2) is 10.9 Å². The van der Waals surface area contributed by atoms with Crippen molar-refractivity contribution < 1.29 is 4.79 Å². The molecule has 1 N–H and O–H groups in total. The Balaban J connectivity index is 2.10. The van der Waals surface area contributed by atoms with Gasteiger partial charge in [-0.3, -0.25) is 9.78 Å². The lowest BCUT2D eigenvalue weighted by molar-refractivity contribution is -0.117. The summed E-state index contributed by atoms with van der Waals surface area (Å²) in [6.07, 6.45) is 3.09. The minimum absolute atomic E-state index is 0.0191. The van der Waals surface area contributed by atoms with E-state index in [1.165, 1.54) is 6.08 Å². The van der Waals surface area contributed by atoms with Crippen molar-refractivity contribution in [3.63, 3.8) is 0 Å². The SMILES string of the molecule is N#CC(=Cc1ccc(Cl)c(Cl)c1)C(=O)NCc1ccccn1. The fourth-order valence-electron chi connectivity index (χ4n) is 1.69. The van der Waals surface area contributed by atoms with Crippen LogP contribution in [0.3, 0.4) is 0 Å². The first-order chi connectivity index (χ1) is 10.6. The van der Waals surface area contributed by atoms with E-state index in [9.17, 15) is 4.79 Å². The van der Waals surface area contributed by atoms with Crippen LogP contribution >= 0.6 is 23.2 Å². The van der Waals surface area contributed by atoms with Crippen molar-refractivity contribution in [2.24, 2.45) is 0 Å². The quantitative estimate of drug-likeness (QED) is 0.687. The fraction of sp³-hybridized carbons (Fsp3) is 0.0625. The highest BCUT2D eigenvalue weighted by molar-refractivity contribution is 6.42. The van der Waals surface area contributed by atoms with Gasteiger partial charge in [-0.15, -0.1) is 0 Å². The second-order valence-electron chi connectivity index (χ2n) is 4.35. The number of carbonyl (C=O) groups excluding carboxylic acids is 1. The van der Waals surface area contributed by atoms with Gasteiger partial charge in [-0.1, -0.05) is 35.3 Å². The first-order valence-electron chi connectivity index (χ1n) is 6.35. The van der Waals surface area contributed by atoms with Gasteiger partial charge in [0, 0.05) is 6.20 Å². The molecule has 0 atom stereocenters. The van der Waals surface area contributed by atoms with Gasteiger partial charge in [-0.25, -0.2) is 0 Å². The molecule has 2 rings (SSSR count). The summed E-state index contributed by atoms with van der Waals surface area (Å²) < 4.78 is 0. The highest BCUT2D eigenvalue weighted by Gasteiger charge is 2.09. The number of amides is 1. The summed E-state index contributed by atoms with van der Waals surface area (Å²) in [4.78, 5) is 16.1. The maximum Gasteiger partial charge on any atom is 0.262 e. The second kappa shape index (κ2) is 7.60. The molecule has 110 valence electrons. The monoisotopic (exact) mass is 331 g/mol. The lowest BCUT2D eigenvalue weighted by Gasteiger charge is -2.04. The predicted molar refractivity (Wildman–Crippen MR) is 86.1 cm³/mol. The molecule has 0 bridgehead atoms. The standard InChI is InChI=1S/C16H11Cl2N3O/c17-14-5-4-11(8-15(14)18)7-12(9-19)16(22)21-10-13-3-1-2-6-20-13/h1-8H,10H2,(H,21,22). The zero-order valence-corrected chi connectivity index (χ0v) is 12.9. The number of nitrogens with zero attached hydrogens (tertiary/aromatic N) is 2. The molecule has 2 aromatic rings. The number of pyridine rings is 1. The molecule has 0 saturated heterocycles. The van der Waals surface area contributed by atoms with Crippen LogP contribution in [0.5, 0.6) is 0 Å². The van der Waals surface area contributed by atoms with Crippen LogP contribution in [0.25, 0.3) is 6.08 Å². The van der Waals surface area contributed by atoms with Gasteiger partial charge in [-0.2, -0.15) is 5.26 Å². The van der Waals surface area contributed by atoms with Gasteiger partial charge in [0.25, 0.3) is 5.91 Å². The first kappa shape index (κ1) is 16.0. The van der Waals surface area contributed by atoms with Crippen LogP contribution in [0.15, 0.2) is 48.2 Å². The zero-order chi connectivity index (χ0) is 15.9. The average Bonchev–Trinajstić information content (AvgIpc) is 2.54. The Labute approximate surface area is 138 Å². The van der Waals surface area contributed by atoms with Crippen molar-refractivity contribution in [2.45, 2.75) is 6.54 Å². The minimum Gasteiger partial charge on any atom is -0.346 e. The lowest BCUT2D eigenvalue weighted by Crippen LogP contribution is -2.24. The molecule has 1 aromatic heterocycles. The Morgan fingerprint density at radius 2 is 2.09 bits per heavy atom. The van der Waals surface area contributed by atoms with E-state index < -0.39 is 5.91 Å². The van der Waals surface area contributed by atoms with Crippen LogP contribution in [-0.2, 0) is 11.3 Å². The second-order valence-corrected chi connectivity index (χ2v) is 5.16. The Kier molecular flexibility index (Phi) is 5.54. The van der Waals surface area contributed by atoms with E-state index in [1.54, 1.807) is 36.5 Å². The number of aromatic nitrogens is 1. The molecule has 0 spiro atoms. The van der Waals surface area contributed by atoms with E-state index in [2.05, 4.69) is 10.3 Å². The van der Waals surface area contributed by atoms with Crippen LogP contribution in [0.2, 0.25) is 10.0 Å². The number of hydrogen-bond acceptors (Lipinski definition) is 3. The number of rotatable bonds is 4. The third-order valence-corrected chi connectivity index (χ3v) is 3.51. The maximum absolute atomic E-state index is 12.0. The number of nitrogens with one attached hydrogen (secondary N) is 1. The van der Waals surface area contributed by atoms with E-state index in [-0.39, 0.29) is 12.1 Å². The van der Waals surface area contributed by atoms with Crippen LogP contribution in [0.1, 0.15) is 11.3 Å². The van der Waals surface area contributed by atoms with E-state index in [0.29, 0.717) is 21.3 Å². The van der Waals surface area contributed by atoms with Crippen molar-refractivity contribution in [1.82, 2.24) is 10.3 Å². The lowest BCUT2D eigenvalue weighted by atomic mass is 10.1. The van der Waals surface area contributed by atoms with Gasteiger partial charge in [0.2, 0.25) is 0 Å². The van der Waals surface area contributed by atoms with Gasteiger partial charge in [0.05, 0.1) is 22.3 Å². The Hall–Kier alpha value is -2.35. The molecule has 1 heterocycles. The molecule has 0 saturated carbocycles. The molecule has 22 heavy (non-hydrogen) atoms. The smallest absolute Gasteiger partial charge is 0.262 e. The van der Waals surface area contributed by atoms with E-state index in [1.807, 2.05) is 12.1 Å². The van der Waals surface area contributed by atoms with Crippen molar-refractivity contribution in [2.75, 3.05) is 0 Å². The molecule has 6 heteroatoms. The zero-order valence-electron chi connectivity index (χ0n) is 11.4. The fourth-order valence-corrected chi connectivity index (χ4v) is 1.99. The molecule has 1 amide bonds. The summed E-state index contributed by atoms with van der Waals surface area (Å²) in [7, 11) is 0. The molecule has 0 fully saturated rings. The molecular weight excluding hydrogens is 321 g/mol. The summed E-state index contributed by atoms with van der Waals surface area (Å²) in [5.74, 6) is -0.473. The molecule has 0 unspecified atom stereocenters. The van der Waals surface area contributed by atoms with Gasteiger partial charge in [0.1, 0.15) is 11.6 Å². The molecule has 1 aromatic carbocycles. The summed E-state index contributed by atoms with van der Waals surface area (Å²) in [6.45, 7) is 0.250. The van der Waals surface area contributed by atoms with Crippen molar-refractivity contribution in [3.8, 4) is 6.07 Å². The highest BCUT2D eigenvalue weighted by Crippen LogP contribution is 2.23. The van der Waals surface area contributed by atoms with E-state index in [0.717, 1.165) is 0 Å². The van der Waals surface area contributed by atoms with Crippen LogP contribution in [0, 0.1) is 11.3 Å². The predicted octanol–water partition coefficient (Wildman–Crippen LogP) is 3.61. The van der Waals surface area contributed by atoms with Crippen LogP contribution in [0.4, 0.5) is 0 Å². The van der Waals surface area contributed by atoms with Crippen molar-refractivity contribution in [3.05, 3.63) is 69.5 Å². The number of nitriles is 1. The Bertz CT molecular complexity index is 752. The number of hydrogen-bond donors (Lipinski definition) is 1. The molecular formula is C16H11Cl2N3O. The van der Waals surface area contributed by atoms with Crippen molar-refractivity contribution in [1.29, 1.82) is 5.26 Å². The third-order valence-electron chi connectivity index (χ3n) is 2.78. The van der Waals surface area contributed by atoms with Gasteiger partial charge in [-0.05, 0) is 35.9 Å². The average molecular weight is 332 g/mol. The van der Waals surface area contributed by atoms with Gasteiger partial charge >= 0.3 is 0 Å². The Morgan fingerprint density at radius 3 is 2.73 bits per heavy atom. The normalized spacial score (nSPS) is 10.9. The first-order valence-corrected chi connectivity index (χ1v) is 7.10. The molecule has 4 nitrogen and oxygen atoms in total. The summed E-state index contributed by atoms with van der Waals surface area (Å²) in [5, 5.41) is 12.5. The van der Waals surface area contributed by atoms with Crippen LogP contribution < -0.4 is 5.32 Å². The number of benzene rings is 1. The highest BCUT2D eigenvalue weighted by atomic mass is 35.5. The third kappa shape index (κ3) is 4.32. The maximum atomic E-state index is 12.0. The molecule has 0 aliphatic rings. The number of carbonyl (C=O) groups is 1. The van der Waals surface area contributed by atoms with E-state index >= 15 is 0 Å². The van der Waals surface area contributed by atoms with Gasteiger partial charge < -0.3 is 5.32 Å². The summed E-state index contributed by atoms with van der Waals surface area (Å²) >= 11 is 11.7. The van der Waals surface area contributed by atoms with Gasteiger partial charge in [0.15, 0.2) is 0 Å². The minimum atomic E-state index is -0.473. The topological polar surface area (TPSA) is 65.8 Å². The number of halogens is 2. The van der Waals surface area contributed by atoms with Crippen molar-refractivity contribution >= 4 is 35.2 Å². The summed E-state index contributed by atoms with van der Waals surface area (Å²) in [6, 6.07) is 12.1.